The lowest BCUT2D eigenvalue weighted by Gasteiger charge is -2.20. The minimum absolute atomic E-state index is 0.650. The first-order valence-electron chi connectivity index (χ1n) is 10.1. The zero-order valence-corrected chi connectivity index (χ0v) is 17.5. The van der Waals surface area contributed by atoms with E-state index in [4.69, 9.17) is 14.7 Å². The van der Waals surface area contributed by atoms with Crippen molar-refractivity contribution in [3.05, 3.63) is 60.6 Å². The van der Waals surface area contributed by atoms with Gasteiger partial charge in [0.2, 0.25) is 5.95 Å². The molecular weight excluding hydrogens is 376 g/mol. The molecule has 0 unspecified atom stereocenters. The first kappa shape index (κ1) is 19.7. The maximum Gasteiger partial charge on any atom is 0.228 e. The van der Waals surface area contributed by atoms with Crippen molar-refractivity contribution in [2.24, 2.45) is 0 Å². The van der Waals surface area contributed by atoms with Crippen molar-refractivity contribution < 1.29 is 4.74 Å². The number of aromatic amines is 1. The van der Waals surface area contributed by atoms with Gasteiger partial charge in [0.1, 0.15) is 16.8 Å². The first-order chi connectivity index (χ1) is 14.7. The zero-order chi connectivity index (χ0) is 20.9. The number of rotatable bonds is 8. The molecule has 0 bridgehead atoms. The summed E-state index contributed by atoms with van der Waals surface area (Å²) in [5, 5.41) is 3.49. The first-order valence-corrected chi connectivity index (χ1v) is 10.1. The summed E-state index contributed by atoms with van der Waals surface area (Å²) in [6.07, 6.45) is 5.58. The van der Waals surface area contributed by atoms with Crippen LogP contribution in [0.4, 0.5) is 11.8 Å². The van der Waals surface area contributed by atoms with E-state index in [2.05, 4.69) is 34.0 Å². The second kappa shape index (κ2) is 8.82. The number of pyridine rings is 1. The van der Waals surface area contributed by atoms with Gasteiger partial charge < -0.3 is 19.9 Å². The molecule has 0 amide bonds. The van der Waals surface area contributed by atoms with Crippen LogP contribution in [0.1, 0.15) is 19.4 Å². The van der Waals surface area contributed by atoms with Crippen LogP contribution in [0.25, 0.3) is 22.2 Å². The molecule has 0 radical (unpaired) electrons. The third kappa shape index (κ3) is 3.91. The number of nitrogens with one attached hydrogen (secondary N) is 2. The molecule has 0 aliphatic heterocycles. The molecule has 4 rings (SSSR count). The van der Waals surface area contributed by atoms with Gasteiger partial charge in [-0.3, -0.25) is 4.98 Å². The third-order valence-electron chi connectivity index (χ3n) is 5.17. The molecule has 0 aliphatic rings. The monoisotopic (exact) mass is 402 g/mol. The Morgan fingerprint density at radius 1 is 1.00 bits per heavy atom. The fourth-order valence-electron chi connectivity index (χ4n) is 3.45. The van der Waals surface area contributed by atoms with Gasteiger partial charge in [0.05, 0.1) is 7.11 Å². The van der Waals surface area contributed by atoms with Crippen LogP contribution in [0.3, 0.4) is 0 Å². The molecule has 0 saturated carbocycles. The molecule has 0 atom stereocenters. The van der Waals surface area contributed by atoms with Crippen molar-refractivity contribution in [2.75, 3.05) is 30.4 Å². The molecule has 0 fully saturated rings. The molecule has 7 nitrogen and oxygen atoms in total. The summed E-state index contributed by atoms with van der Waals surface area (Å²) < 4.78 is 5.25. The molecular formula is C23H26N6O. The molecule has 3 aromatic heterocycles. The van der Waals surface area contributed by atoms with E-state index >= 15 is 0 Å². The van der Waals surface area contributed by atoms with Crippen LogP contribution >= 0.6 is 0 Å². The van der Waals surface area contributed by atoms with Gasteiger partial charge in [-0.15, -0.1) is 0 Å². The summed E-state index contributed by atoms with van der Waals surface area (Å²) in [7, 11) is 1.67. The average Bonchev–Trinajstić information content (AvgIpc) is 3.23. The topological polar surface area (TPSA) is 79.0 Å². The van der Waals surface area contributed by atoms with Crippen LogP contribution in [0, 0.1) is 0 Å². The summed E-state index contributed by atoms with van der Waals surface area (Å²) >= 11 is 0. The molecule has 3 heterocycles. The number of hydrogen-bond acceptors (Lipinski definition) is 6. The lowest BCUT2D eigenvalue weighted by molar-refractivity contribution is 0.414. The van der Waals surface area contributed by atoms with Crippen molar-refractivity contribution in [1.82, 2.24) is 19.9 Å². The summed E-state index contributed by atoms with van der Waals surface area (Å²) in [6, 6.07) is 12.0. The molecule has 154 valence electrons. The molecule has 7 heteroatoms. The Morgan fingerprint density at radius 3 is 2.40 bits per heavy atom. The Balaban J connectivity index is 1.74. The number of aromatic nitrogens is 4. The second-order valence-electron chi connectivity index (χ2n) is 6.91. The van der Waals surface area contributed by atoms with Crippen molar-refractivity contribution >= 4 is 22.8 Å². The number of methoxy groups -OCH3 is 1. The fourth-order valence-corrected chi connectivity index (χ4v) is 3.45. The van der Waals surface area contributed by atoms with Gasteiger partial charge in [-0.1, -0.05) is 12.1 Å². The number of hydrogen-bond donors (Lipinski definition) is 2. The predicted octanol–water partition coefficient (Wildman–Crippen LogP) is 4.49. The highest BCUT2D eigenvalue weighted by Gasteiger charge is 2.16. The molecule has 0 aliphatic carbocycles. The van der Waals surface area contributed by atoms with E-state index in [1.54, 1.807) is 19.5 Å². The van der Waals surface area contributed by atoms with Gasteiger partial charge in [-0.25, -0.2) is 4.98 Å². The van der Waals surface area contributed by atoms with E-state index < -0.39 is 0 Å². The van der Waals surface area contributed by atoms with E-state index in [0.29, 0.717) is 6.54 Å². The van der Waals surface area contributed by atoms with Crippen LogP contribution in [0.5, 0.6) is 5.75 Å². The van der Waals surface area contributed by atoms with Gasteiger partial charge in [0.25, 0.3) is 0 Å². The Labute approximate surface area is 176 Å². The Kier molecular flexibility index (Phi) is 5.79. The van der Waals surface area contributed by atoms with E-state index in [-0.39, 0.29) is 0 Å². The Hall–Kier alpha value is -3.61. The highest BCUT2D eigenvalue weighted by Crippen LogP contribution is 2.32. The third-order valence-corrected chi connectivity index (χ3v) is 5.17. The second-order valence-corrected chi connectivity index (χ2v) is 6.91. The van der Waals surface area contributed by atoms with Crippen LogP contribution in [0.2, 0.25) is 0 Å². The minimum atomic E-state index is 0.650. The van der Waals surface area contributed by atoms with Crippen LogP contribution in [-0.4, -0.2) is 40.1 Å². The summed E-state index contributed by atoms with van der Waals surface area (Å²) in [6.45, 7) is 6.56. The summed E-state index contributed by atoms with van der Waals surface area (Å²) in [5.41, 5.74) is 5.05. The number of fused-ring (bicyclic) bond motifs is 1. The molecule has 30 heavy (non-hydrogen) atoms. The van der Waals surface area contributed by atoms with Crippen molar-refractivity contribution in [1.29, 1.82) is 0 Å². The van der Waals surface area contributed by atoms with Crippen molar-refractivity contribution in [3.63, 3.8) is 0 Å². The Morgan fingerprint density at radius 2 is 1.73 bits per heavy atom. The minimum Gasteiger partial charge on any atom is -0.497 e. The molecule has 0 spiro atoms. The van der Waals surface area contributed by atoms with Crippen molar-refractivity contribution in [3.8, 4) is 16.9 Å². The van der Waals surface area contributed by atoms with Crippen molar-refractivity contribution in [2.45, 2.75) is 20.4 Å². The number of anilines is 2. The van der Waals surface area contributed by atoms with E-state index in [0.717, 1.165) is 58.3 Å². The molecule has 4 aromatic rings. The van der Waals surface area contributed by atoms with Gasteiger partial charge in [0, 0.05) is 43.8 Å². The molecule has 0 saturated heterocycles. The molecule has 2 N–H and O–H groups in total. The highest BCUT2D eigenvalue weighted by molar-refractivity contribution is 5.98. The molecule has 1 aromatic carbocycles. The predicted molar refractivity (Wildman–Crippen MR) is 121 cm³/mol. The Bertz CT molecular complexity index is 1100. The number of ether oxygens (including phenoxy) is 1. The summed E-state index contributed by atoms with van der Waals surface area (Å²) in [5.74, 6) is 2.36. The van der Waals surface area contributed by atoms with E-state index in [9.17, 15) is 0 Å². The number of H-pyrrole nitrogens is 1. The lowest BCUT2D eigenvalue weighted by atomic mass is 10.1. The van der Waals surface area contributed by atoms with Gasteiger partial charge in [-0.05, 0) is 49.2 Å². The average molecular weight is 403 g/mol. The maximum atomic E-state index is 5.25. The van der Waals surface area contributed by atoms with Crippen LogP contribution in [0.15, 0.2) is 55.0 Å². The maximum absolute atomic E-state index is 5.25. The largest absolute Gasteiger partial charge is 0.497 e. The lowest BCUT2D eigenvalue weighted by Crippen LogP contribution is -2.24. The van der Waals surface area contributed by atoms with Crippen LogP contribution in [-0.2, 0) is 6.54 Å². The smallest absolute Gasteiger partial charge is 0.228 e. The van der Waals surface area contributed by atoms with Gasteiger partial charge in [-0.2, -0.15) is 4.98 Å². The highest BCUT2D eigenvalue weighted by atomic mass is 16.5. The van der Waals surface area contributed by atoms with Crippen LogP contribution < -0.4 is 15.0 Å². The quantitative estimate of drug-likeness (QED) is 0.452. The normalized spacial score (nSPS) is 10.9. The standard InChI is InChI=1S/C23H26N6O/c1-4-29(5-2)23-27-20-19(17-10-12-24-13-11-17)15-25-21(20)22(28-23)26-14-16-6-8-18(30-3)9-7-16/h6-13,15,25H,4-5,14H2,1-3H3,(H,26,27,28). The number of benzene rings is 1. The zero-order valence-electron chi connectivity index (χ0n) is 17.5. The number of nitrogens with zero attached hydrogens (tertiary/aromatic N) is 4. The van der Waals surface area contributed by atoms with E-state index in [1.807, 2.05) is 42.6 Å². The van der Waals surface area contributed by atoms with Gasteiger partial charge in [0.15, 0.2) is 5.82 Å². The SMILES string of the molecule is CCN(CC)c1nc(NCc2ccc(OC)cc2)c2[nH]cc(-c3ccncc3)c2n1. The fraction of sp³-hybridized carbons (Fsp3) is 0.261. The summed E-state index contributed by atoms with van der Waals surface area (Å²) in [4.78, 5) is 19.4. The van der Waals surface area contributed by atoms with E-state index in [1.165, 1.54) is 0 Å². The van der Waals surface area contributed by atoms with Gasteiger partial charge >= 0.3 is 0 Å².